The molecule has 1 rings (SSSR count). The Labute approximate surface area is 157 Å². The van der Waals surface area contributed by atoms with Crippen LogP contribution in [0.2, 0.25) is 0 Å². The molecule has 0 bridgehead atoms. The predicted octanol–water partition coefficient (Wildman–Crippen LogP) is 4.25. The van der Waals surface area contributed by atoms with Crippen LogP contribution in [0.4, 0.5) is 0 Å². The van der Waals surface area contributed by atoms with E-state index in [1.165, 1.54) is 25.7 Å². The van der Waals surface area contributed by atoms with E-state index in [1.807, 2.05) is 0 Å². The average Bonchev–Trinajstić information content (AvgIpc) is 2.78. The second-order valence-corrected chi connectivity index (χ2v) is 7.59. The number of nitrogens with zero attached hydrogens (tertiary/aromatic N) is 1. The molecule has 0 spiro atoms. The summed E-state index contributed by atoms with van der Waals surface area (Å²) in [6, 6.07) is 0. The van der Waals surface area contributed by atoms with Crippen LogP contribution in [0.5, 0.6) is 0 Å². The topological polar surface area (TPSA) is 69.6 Å². The lowest BCUT2D eigenvalue weighted by molar-refractivity contribution is -0.137. The summed E-state index contributed by atoms with van der Waals surface area (Å²) in [6.45, 7) is 2.21. The van der Waals surface area contributed by atoms with Crippen molar-refractivity contribution in [2.24, 2.45) is 0 Å². The monoisotopic (exact) mass is 370 g/mol. The quantitative estimate of drug-likeness (QED) is 0.353. The number of aliphatic carboxylic acids is 1. The molecular formula is C19H34N2O3S. The molecule has 25 heavy (non-hydrogen) atoms. The number of hydrogen-bond acceptors (Lipinski definition) is 3. The Hall–Kier alpha value is -1.17. The van der Waals surface area contributed by atoms with Crippen molar-refractivity contribution in [2.45, 2.75) is 95.9 Å². The van der Waals surface area contributed by atoms with Crippen molar-refractivity contribution in [3.63, 3.8) is 0 Å². The van der Waals surface area contributed by atoms with Gasteiger partial charge < -0.3 is 10.4 Å². The van der Waals surface area contributed by atoms with Gasteiger partial charge >= 0.3 is 5.97 Å². The first-order valence-corrected chi connectivity index (χ1v) is 10.2. The smallest absolute Gasteiger partial charge is 0.303 e. The zero-order valence-corrected chi connectivity index (χ0v) is 16.6. The predicted molar refractivity (Wildman–Crippen MR) is 105 cm³/mol. The molecule has 1 unspecified atom stereocenters. The van der Waals surface area contributed by atoms with Crippen LogP contribution >= 0.6 is 12.2 Å². The second kappa shape index (κ2) is 11.4. The molecule has 0 aromatic heterocycles. The number of nitrogens with one attached hydrogen (secondary N) is 1. The summed E-state index contributed by atoms with van der Waals surface area (Å²) in [5.41, 5.74) is -0.538. The van der Waals surface area contributed by atoms with E-state index in [2.05, 4.69) is 12.2 Å². The fourth-order valence-corrected chi connectivity index (χ4v) is 3.76. The Kier molecular flexibility index (Phi) is 10.0. The third kappa shape index (κ3) is 7.30. The van der Waals surface area contributed by atoms with Crippen LogP contribution in [0.1, 0.15) is 90.4 Å². The maximum absolute atomic E-state index is 12.7. The van der Waals surface area contributed by atoms with Gasteiger partial charge in [-0.2, -0.15) is 0 Å². The lowest BCUT2D eigenvalue weighted by Gasteiger charge is -2.27. The van der Waals surface area contributed by atoms with E-state index in [1.54, 1.807) is 11.9 Å². The van der Waals surface area contributed by atoms with E-state index >= 15 is 0 Å². The molecule has 1 heterocycles. The van der Waals surface area contributed by atoms with E-state index in [0.29, 0.717) is 11.5 Å². The molecule has 144 valence electrons. The molecule has 0 radical (unpaired) electrons. The van der Waals surface area contributed by atoms with Crippen molar-refractivity contribution in [2.75, 3.05) is 7.05 Å². The maximum Gasteiger partial charge on any atom is 0.303 e. The molecule has 2 N–H and O–H groups in total. The average molecular weight is 371 g/mol. The molecule has 5 nitrogen and oxygen atoms in total. The first-order valence-electron chi connectivity index (χ1n) is 9.75. The van der Waals surface area contributed by atoms with Gasteiger partial charge in [0.25, 0.3) is 5.91 Å². The van der Waals surface area contributed by atoms with Crippen LogP contribution < -0.4 is 5.32 Å². The Bertz CT molecular complexity index is 456. The Balaban J connectivity index is 2.43. The first-order chi connectivity index (χ1) is 11.9. The van der Waals surface area contributed by atoms with Crippen LogP contribution in [0.25, 0.3) is 0 Å². The van der Waals surface area contributed by atoms with Crippen molar-refractivity contribution in [1.29, 1.82) is 0 Å². The van der Waals surface area contributed by atoms with E-state index in [0.717, 1.165) is 44.9 Å². The fraction of sp³-hybridized carbons (Fsp3) is 0.842. The number of carboxylic acids is 1. The van der Waals surface area contributed by atoms with Crippen LogP contribution in [-0.2, 0) is 9.59 Å². The number of thiocarbonyl (C=S) groups is 1. The highest BCUT2D eigenvalue weighted by atomic mass is 32.1. The number of amides is 1. The molecule has 6 heteroatoms. The minimum atomic E-state index is -0.737. The largest absolute Gasteiger partial charge is 0.481 e. The summed E-state index contributed by atoms with van der Waals surface area (Å²) < 4.78 is 0. The van der Waals surface area contributed by atoms with Gasteiger partial charge in [-0.15, -0.1) is 0 Å². The summed E-state index contributed by atoms with van der Waals surface area (Å²) in [5, 5.41) is 12.5. The van der Waals surface area contributed by atoms with Crippen molar-refractivity contribution in [3.05, 3.63) is 0 Å². The summed E-state index contributed by atoms with van der Waals surface area (Å²) >= 11 is 5.28. The highest BCUT2D eigenvalue weighted by Gasteiger charge is 2.46. The van der Waals surface area contributed by atoms with Crippen molar-refractivity contribution in [1.82, 2.24) is 10.2 Å². The van der Waals surface area contributed by atoms with Gasteiger partial charge in [0.1, 0.15) is 5.54 Å². The minimum Gasteiger partial charge on any atom is -0.481 e. The van der Waals surface area contributed by atoms with Gasteiger partial charge in [-0.1, -0.05) is 64.7 Å². The molecule has 1 amide bonds. The molecule has 0 saturated carbocycles. The molecule has 0 aliphatic carbocycles. The third-order valence-electron chi connectivity index (χ3n) is 5.07. The van der Waals surface area contributed by atoms with Gasteiger partial charge in [-0.25, -0.2) is 0 Å². The molecular weight excluding hydrogens is 336 g/mol. The number of carbonyl (C=O) groups excluding carboxylic acids is 1. The summed E-state index contributed by atoms with van der Waals surface area (Å²) in [4.78, 5) is 24.8. The standard InChI is InChI=1S/C19H34N2O3S/c1-3-4-5-6-8-11-14-19(17(24)21(2)18(25)20-19)15-12-9-7-10-13-16(22)23/h3-15H2,1-2H3,(H,20,25)(H,22,23). The van der Waals surface area contributed by atoms with E-state index in [-0.39, 0.29) is 12.3 Å². The number of unbranched alkanes of at least 4 members (excludes halogenated alkanes) is 8. The van der Waals surface area contributed by atoms with Crippen molar-refractivity contribution >= 4 is 29.2 Å². The lowest BCUT2D eigenvalue weighted by Crippen LogP contribution is -2.46. The highest BCUT2D eigenvalue weighted by molar-refractivity contribution is 7.80. The number of rotatable bonds is 14. The Morgan fingerprint density at radius 2 is 1.56 bits per heavy atom. The Morgan fingerprint density at radius 1 is 1.04 bits per heavy atom. The molecule has 1 aliphatic rings. The van der Waals surface area contributed by atoms with Gasteiger partial charge in [0, 0.05) is 13.5 Å². The zero-order valence-electron chi connectivity index (χ0n) is 15.8. The van der Waals surface area contributed by atoms with E-state index < -0.39 is 11.5 Å². The SMILES string of the molecule is CCCCCCCCC1(CCCCCCC(=O)O)NC(=S)N(C)C1=O. The number of carboxylic acid groups (broad SMARTS) is 1. The van der Waals surface area contributed by atoms with Gasteiger partial charge in [0.2, 0.25) is 0 Å². The van der Waals surface area contributed by atoms with Crippen LogP contribution in [0.15, 0.2) is 0 Å². The van der Waals surface area contributed by atoms with Crippen LogP contribution in [0.3, 0.4) is 0 Å². The molecule has 1 atom stereocenters. The summed E-state index contributed by atoms with van der Waals surface area (Å²) in [5.74, 6) is -0.643. The molecule has 1 saturated heterocycles. The molecule has 0 aromatic carbocycles. The number of likely N-dealkylation sites (N-methyl/N-ethyl adjacent to an activating group) is 1. The molecule has 1 aliphatic heterocycles. The first kappa shape index (κ1) is 21.9. The van der Waals surface area contributed by atoms with Gasteiger partial charge in [0.05, 0.1) is 0 Å². The molecule has 1 fully saturated rings. The molecule has 0 aromatic rings. The van der Waals surface area contributed by atoms with Gasteiger partial charge in [-0.05, 0) is 31.5 Å². The summed E-state index contributed by atoms with van der Waals surface area (Å²) in [7, 11) is 1.74. The van der Waals surface area contributed by atoms with E-state index in [4.69, 9.17) is 17.3 Å². The van der Waals surface area contributed by atoms with Crippen LogP contribution in [0, 0.1) is 0 Å². The second-order valence-electron chi connectivity index (χ2n) is 7.20. The zero-order chi connectivity index (χ0) is 18.7. The third-order valence-corrected chi connectivity index (χ3v) is 5.44. The normalized spacial score (nSPS) is 20.2. The van der Waals surface area contributed by atoms with Crippen LogP contribution in [-0.4, -0.2) is 39.6 Å². The lowest BCUT2D eigenvalue weighted by atomic mass is 9.86. The minimum absolute atomic E-state index is 0.0941. The van der Waals surface area contributed by atoms with Gasteiger partial charge in [0.15, 0.2) is 5.11 Å². The van der Waals surface area contributed by atoms with Gasteiger partial charge in [-0.3, -0.25) is 14.5 Å². The summed E-state index contributed by atoms with van der Waals surface area (Å²) in [6.07, 6.45) is 12.5. The number of carbonyl (C=O) groups is 2. The van der Waals surface area contributed by atoms with E-state index in [9.17, 15) is 9.59 Å². The Morgan fingerprint density at radius 3 is 2.04 bits per heavy atom. The van der Waals surface area contributed by atoms with Crippen molar-refractivity contribution in [3.8, 4) is 0 Å². The van der Waals surface area contributed by atoms with Crippen molar-refractivity contribution < 1.29 is 14.7 Å². The number of hydrogen-bond donors (Lipinski definition) is 2. The highest BCUT2D eigenvalue weighted by Crippen LogP contribution is 2.29. The fourth-order valence-electron chi connectivity index (χ4n) is 3.48. The maximum atomic E-state index is 12.7.